The third-order valence-corrected chi connectivity index (χ3v) is 12.3. The fourth-order valence-electron chi connectivity index (χ4n) is 3.61. The number of anilines is 1. The van der Waals surface area contributed by atoms with E-state index in [1.165, 1.54) is 91.1 Å². The van der Waals surface area contributed by atoms with Gasteiger partial charge in [0.25, 0.3) is 20.0 Å². The minimum atomic E-state index is -4.21. The number of pyridine rings is 2. The average Bonchev–Trinajstić information content (AvgIpc) is 3.17. The minimum Gasteiger partial charge on any atom is -0.481 e. The van der Waals surface area contributed by atoms with Gasteiger partial charge in [-0.15, -0.1) is 24.0 Å². The maximum Gasteiger partial charge on any atom is 0.260 e. The molecule has 4 rings (SSSR count). The number of primary sulfonamides is 1. The molecule has 0 amide bonds. The molecule has 0 saturated carbocycles. The second-order valence-electron chi connectivity index (χ2n) is 9.67. The maximum atomic E-state index is 12.5. The van der Waals surface area contributed by atoms with Crippen molar-refractivity contribution in [1.82, 2.24) is 34.6 Å². The summed E-state index contributed by atoms with van der Waals surface area (Å²) in [4.78, 5) is 32.2. The lowest BCUT2D eigenvalue weighted by Crippen LogP contribution is -2.31. The Bertz CT molecular complexity index is 2310. The van der Waals surface area contributed by atoms with Crippen molar-refractivity contribution < 1.29 is 62.9 Å². The second kappa shape index (κ2) is 22.9. The molecular formula is C28H40IN9O14S4. The Labute approximate surface area is 340 Å². The number of ether oxygens (including phenoxy) is 4. The van der Waals surface area contributed by atoms with Crippen LogP contribution in [0.1, 0.15) is 24.5 Å². The molecule has 4 aromatic heterocycles. The topological polar surface area (TPSA) is 349 Å². The van der Waals surface area contributed by atoms with E-state index in [-0.39, 0.29) is 81.0 Å². The van der Waals surface area contributed by atoms with Crippen LogP contribution in [0.15, 0.2) is 68.6 Å². The fourth-order valence-corrected chi connectivity index (χ4v) is 8.36. The number of hydrogen-bond acceptors (Lipinski definition) is 20. The van der Waals surface area contributed by atoms with Gasteiger partial charge in [-0.25, -0.2) is 48.8 Å². The zero-order chi connectivity index (χ0) is 40.7. The summed E-state index contributed by atoms with van der Waals surface area (Å²) >= 11 is 0. The molecule has 6 N–H and O–H groups in total. The summed E-state index contributed by atoms with van der Waals surface area (Å²) in [6, 6.07) is 8.01. The zero-order valence-corrected chi connectivity index (χ0v) is 36.0. The van der Waals surface area contributed by atoms with Crippen molar-refractivity contribution >= 4 is 75.9 Å². The van der Waals surface area contributed by atoms with Crippen molar-refractivity contribution in [3.05, 3.63) is 54.6 Å². The molecule has 28 heteroatoms. The molecule has 0 unspecified atom stereocenters. The van der Waals surface area contributed by atoms with Crippen molar-refractivity contribution in [1.29, 1.82) is 0 Å². The lowest BCUT2D eigenvalue weighted by Gasteiger charge is -2.11. The van der Waals surface area contributed by atoms with Gasteiger partial charge in [0.05, 0.1) is 58.7 Å². The number of sulfone groups is 2. The van der Waals surface area contributed by atoms with E-state index < -0.39 is 49.8 Å². The average molecular weight is 982 g/mol. The highest BCUT2D eigenvalue weighted by Crippen LogP contribution is 2.21. The van der Waals surface area contributed by atoms with Crippen LogP contribution in [0.25, 0.3) is 0 Å². The number of hydrogen-bond donors (Lipinski definition) is 3. The molecule has 0 saturated heterocycles. The number of carbonyl (C=O) groups is 1. The summed E-state index contributed by atoms with van der Waals surface area (Å²) < 4.78 is 116. The molecule has 0 aliphatic heterocycles. The Morgan fingerprint density at radius 3 is 1.45 bits per heavy atom. The molecule has 0 fully saturated rings. The number of carbonyl (C=O) groups excluding carboxylic acids is 1. The first-order valence-electron chi connectivity index (χ1n) is 14.8. The van der Waals surface area contributed by atoms with E-state index in [0.717, 1.165) is 0 Å². The van der Waals surface area contributed by atoms with Crippen molar-refractivity contribution in [2.45, 2.75) is 33.7 Å². The summed E-state index contributed by atoms with van der Waals surface area (Å²) in [6.45, 7) is 2.51. The maximum absolute atomic E-state index is 12.5. The standard InChI is InChI=1S/C14H19N5O6S2.C7H10N2O4S2.C7H8N2O3.HI.H2O/c1-4-26(20,21)10-6-5-7-15-13(10)27(22,23)17-9-16-14-18-11(24-2)8-12(19-14)25-3;1-2-14(10,11)6-4-3-5-9-7(6)15(8,12)13;1-11-6-3-7(12-2)9-5(4-10)8-6;;/h5-8,17H,4,9H2,1-3H3,(H,16,18,19);3-5H,2H2,1H3,(H2,8,12,13);3-4H,1-2H3;1H;1H2. The van der Waals surface area contributed by atoms with E-state index in [9.17, 15) is 38.5 Å². The number of aldehydes is 1. The number of sulfonamides is 2. The van der Waals surface area contributed by atoms with Crippen LogP contribution >= 0.6 is 24.0 Å². The number of nitrogens with two attached hydrogens (primary N) is 1. The van der Waals surface area contributed by atoms with Crippen LogP contribution in [0.2, 0.25) is 0 Å². The number of rotatable bonds is 15. The quantitative estimate of drug-likeness (QED) is 0.0778. The van der Waals surface area contributed by atoms with Gasteiger partial charge < -0.3 is 29.7 Å². The van der Waals surface area contributed by atoms with Gasteiger partial charge in [0.15, 0.2) is 41.8 Å². The fraction of sp³-hybridized carbons (Fsp3) is 0.321. The van der Waals surface area contributed by atoms with Crippen LogP contribution in [0.5, 0.6) is 23.5 Å². The molecule has 312 valence electrons. The monoisotopic (exact) mass is 981 g/mol. The summed E-state index contributed by atoms with van der Waals surface area (Å²) in [6.07, 6.45) is 2.91. The Morgan fingerprint density at radius 1 is 0.679 bits per heavy atom. The predicted octanol–water partition coefficient (Wildman–Crippen LogP) is -0.347. The molecule has 0 spiro atoms. The van der Waals surface area contributed by atoms with Crippen molar-refractivity contribution in [2.24, 2.45) is 5.14 Å². The molecule has 0 aromatic carbocycles. The van der Waals surface area contributed by atoms with Crippen LogP contribution in [-0.4, -0.2) is 122 Å². The number of halogens is 1. The minimum absolute atomic E-state index is 0. The number of nitrogens with zero attached hydrogens (tertiary/aromatic N) is 6. The van der Waals surface area contributed by atoms with Crippen molar-refractivity contribution in [3.63, 3.8) is 0 Å². The smallest absolute Gasteiger partial charge is 0.260 e. The van der Waals surface area contributed by atoms with Crippen LogP contribution in [0.4, 0.5) is 5.95 Å². The number of nitrogens with one attached hydrogen (secondary N) is 2. The van der Waals surface area contributed by atoms with E-state index in [4.69, 9.17) is 24.1 Å². The largest absolute Gasteiger partial charge is 0.481 e. The highest BCUT2D eigenvalue weighted by molar-refractivity contribution is 14.0. The molecule has 0 bridgehead atoms. The molecule has 4 aromatic rings. The van der Waals surface area contributed by atoms with E-state index in [2.05, 4.69) is 39.9 Å². The Kier molecular flexibility index (Phi) is 21.1. The molecule has 23 nitrogen and oxygen atoms in total. The van der Waals surface area contributed by atoms with Gasteiger partial charge in [-0.1, -0.05) is 13.8 Å². The van der Waals surface area contributed by atoms with E-state index in [1.54, 1.807) is 0 Å². The Balaban J connectivity index is 0.000000882. The Morgan fingerprint density at radius 2 is 1.07 bits per heavy atom. The molecule has 0 radical (unpaired) electrons. The summed E-state index contributed by atoms with van der Waals surface area (Å²) in [5.41, 5.74) is 0. The van der Waals surface area contributed by atoms with Gasteiger partial charge in [-0.2, -0.15) is 24.7 Å². The molecule has 4 heterocycles. The van der Waals surface area contributed by atoms with E-state index in [1.807, 2.05) is 0 Å². The van der Waals surface area contributed by atoms with Gasteiger partial charge in [0.1, 0.15) is 9.79 Å². The summed E-state index contributed by atoms with van der Waals surface area (Å²) in [7, 11) is -10.00. The third kappa shape index (κ3) is 14.9. The van der Waals surface area contributed by atoms with Gasteiger partial charge in [-0.05, 0) is 24.3 Å². The Hall–Kier alpha value is -4.46. The first-order valence-corrected chi connectivity index (χ1v) is 21.2. The highest BCUT2D eigenvalue weighted by Gasteiger charge is 2.27. The first-order chi connectivity index (χ1) is 25.3. The van der Waals surface area contributed by atoms with E-state index >= 15 is 0 Å². The van der Waals surface area contributed by atoms with Gasteiger partial charge in [0, 0.05) is 12.4 Å². The SMILES string of the molecule is CCS(=O)(=O)c1cccnc1S(=O)(=O)NCNc1nc(OC)cc(OC)n1.CCS(=O)(=O)c1cccnc1S(N)(=O)=O.COc1cc(OC)nc(C=O)n1.I.O. The lowest BCUT2D eigenvalue weighted by atomic mass is 10.5. The van der Waals surface area contributed by atoms with Gasteiger partial charge in [-0.3, -0.25) is 4.79 Å². The second-order valence-corrected chi connectivity index (χ2v) is 17.3. The summed E-state index contributed by atoms with van der Waals surface area (Å²) in [5.74, 6) is 0.690. The van der Waals surface area contributed by atoms with Gasteiger partial charge >= 0.3 is 0 Å². The predicted molar refractivity (Wildman–Crippen MR) is 209 cm³/mol. The zero-order valence-electron chi connectivity index (χ0n) is 30.4. The lowest BCUT2D eigenvalue weighted by molar-refractivity contribution is 0.111. The van der Waals surface area contributed by atoms with Gasteiger partial charge in [0.2, 0.25) is 29.5 Å². The van der Waals surface area contributed by atoms with Crippen molar-refractivity contribution in [3.8, 4) is 23.5 Å². The van der Waals surface area contributed by atoms with Crippen LogP contribution in [0.3, 0.4) is 0 Å². The normalized spacial score (nSPS) is 11.1. The number of methoxy groups -OCH3 is 4. The molecule has 0 aliphatic rings. The molecule has 0 atom stereocenters. The highest BCUT2D eigenvalue weighted by atomic mass is 127. The molecule has 56 heavy (non-hydrogen) atoms. The first kappa shape index (κ1) is 51.5. The van der Waals surface area contributed by atoms with Crippen molar-refractivity contribution in [2.75, 3.05) is 51.9 Å². The third-order valence-electron chi connectivity index (χ3n) is 6.25. The molecular weight excluding hydrogens is 942 g/mol. The summed E-state index contributed by atoms with van der Waals surface area (Å²) in [5, 5.41) is 6.32. The van der Waals surface area contributed by atoms with E-state index in [0.29, 0.717) is 18.0 Å². The van der Waals surface area contributed by atoms with Crippen LogP contribution in [0, 0.1) is 0 Å². The number of aromatic nitrogens is 6. The van der Waals surface area contributed by atoms with Crippen LogP contribution in [-0.2, 0) is 39.7 Å². The molecule has 0 aliphatic carbocycles. The van der Waals surface area contributed by atoms with Crippen LogP contribution < -0.4 is 34.1 Å².